The monoisotopic (exact) mass is 233 g/mol. The Balaban J connectivity index is 2.34. The van der Waals surface area contributed by atoms with Crippen LogP contribution in [-0.4, -0.2) is 22.0 Å². The number of nitrogens with one attached hydrogen (secondary N) is 1. The molecule has 0 saturated carbocycles. The van der Waals surface area contributed by atoms with Crippen LogP contribution >= 0.6 is 0 Å². The van der Waals surface area contributed by atoms with Crippen molar-refractivity contribution in [1.82, 2.24) is 15.5 Å². The first-order valence-electron chi connectivity index (χ1n) is 5.73. The molecular weight excluding hydrogens is 218 g/mol. The zero-order chi connectivity index (χ0) is 12.4. The van der Waals surface area contributed by atoms with Gasteiger partial charge in [-0.25, -0.2) is 0 Å². The van der Waals surface area contributed by atoms with Crippen molar-refractivity contribution < 1.29 is 9.59 Å². The fourth-order valence-electron chi connectivity index (χ4n) is 2.10. The topological polar surface area (TPSA) is 72.0 Å². The van der Waals surface area contributed by atoms with E-state index in [9.17, 15) is 9.59 Å². The van der Waals surface area contributed by atoms with Gasteiger partial charge in [-0.3, -0.25) is 14.9 Å². The number of nitrogens with zero attached hydrogens (tertiary/aromatic N) is 2. The first-order valence-corrected chi connectivity index (χ1v) is 5.73. The minimum absolute atomic E-state index is 0.195. The predicted molar refractivity (Wildman–Crippen MR) is 61.2 cm³/mol. The number of hydrogen-bond acceptors (Lipinski definition) is 4. The highest BCUT2D eigenvalue weighted by molar-refractivity contribution is 6.01. The molecule has 90 valence electrons. The van der Waals surface area contributed by atoms with Crippen LogP contribution in [0.5, 0.6) is 0 Å². The van der Waals surface area contributed by atoms with Gasteiger partial charge in [-0.1, -0.05) is 13.8 Å². The summed E-state index contributed by atoms with van der Waals surface area (Å²) in [5, 5.41) is 10.1. The van der Waals surface area contributed by atoms with E-state index in [1.165, 1.54) is 0 Å². The SMILES string of the molecule is CC(C)c1cnncc1C1CCC(=O)NC1=O. The molecule has 1 aliphatic rings. The van der Waals surface area contributed by atoms with Crippen LogP contribution in [-0.2, 0) is 9.59 Å². The van der Waals surface area contributed by atoms with Crippen LogP contribution in [0.1, 0.15) is 49.7 Å². The molecule has 1 aliphatic heterocycles. The Labute approximate surface area is 99.6 Å². The molecule has 0 bridgehead atoms. The third-order valence-corrected chi connectivity index (χ3v) is 3.03. The van der Waals surface area contributed by atoms with E-state index >= 15 is 0 Å². The van der Waals surface area contributed by atoms with E-state index in [-0.39, 0.29) is 23.7 Å². The molecule has 1 aromatic rings. The van der Waals surface area contributed by atoms with E-state index in [1.807, 2.05) is 13.8 Å². The molecule has 1 N–H and O–H groups in total. The van der Waals surface area contributed by atoms with Gasteiger partial charge in [-0.2, -0.15) is 10.2 Å². The van der Waals surface area contributed by atoms with Gasteiger partial charge in [0.1, 0.15) is 0 Å². The molecule has 17 heavy (non-hydrogen) atoms. The number of aromatic nitrogens is 2. The van der Waals surface area contributed by atoms with Crippen molar-refractivity contribution in [2.75, 3.05) is 0 Å². The summed E-state index contributed by atoms with van der Waals surface area (Å²) >= 11 is 0. The summed E-state index contributed by atoms with van der Waals surface area (Å²) < 4.78 is 0. The number of carbonyl (C=O) groups is 2. The second-order valence-electron chi connectivity index (χ2n) is 4.56. The molecule has 1 saturated heterocycles. The van der Waals surface area contributed by atoms with Crippen LogP contribution in [0, 0.1) is 0 Å². The van der Waals surface area contributed by atoms with Gasteiger partial charge in [0.15, 0.2) is 0 Å². The van der Waals surface area contributed by atoms with Crippen LogP contribution in [0.2, 0.25) is 0 Å². The maximum absolute atomic E-state index is 11.8. The average Bonchev–Trinajstić information content (AvgIpc) is 2.29. The van der Waals surface area contributed by atoms with Crippen LogP contribution in [0.25, 0.3) is 0 Å². The first kappa shape index (κ1) is 11.7. The van der Waals surface area contributed by atoms with Gasteiger partial charge in [0.25, 0.3) is 0 Å². The summed E-state index contributed by atoms with van der Waals surface area (Å²) in [5.74, 6) is -0.415. The van der Waals surface area contributed by atoms with Gasteiger partial charge in [-0.05, 0) is 23.5 Å². The Bertz CT molecular complexity index is 457. The van der Waals surface area contributed by atoms with E-state index in [2.05, 4.69) is 15.5 Å². The molecule has 0 radical (unpaired) electrons. The van der Waals surface area contributed by atoms with Crippen LogP contribution in [0.4, 0.5) is 0 Å². The highest BCUT2D eigenvalue weighted by atomic mass is 16.2. The minimum Gasteiger partial charge on any atom is -0.296 e. The summed E-state index contributed by atoms with van der Waals surface area (Å²) in [6.07, 6.45) is 4.27. The lowest BCUT2D eigenvalue weighted by atomic mass is 9.86. The second kappa shape index (κ2) is 4.61. The number of piperidine rings is 1. The highest BCUT2D eigenvalue weighted by Crippen LogP contribution is 2.29. The van der Waals surface area contributed by atoms with Gasteiger partial charge in [0.2, 0.25) is 11.8 Å². The van der Waals surface area contributed by atoms with E-state index in [1.54, 1.807) is 12.4 Å². The Morgan fingerprint density at radius 2 is 2.00 bits per heavy atom. The number of amides is 2. The van der Waals surface area contributed by atoms with Crippen molar-refractivity contribution >= 4 is 11.8 Å². The van der Waals surface area contributed by atoms with E-state index in [0.717, 1.165) is 11.1 Å². The first-order chi connectivity index (χ1) is 8.09. The third kappa shape index (κ3) is 2.33. The Kier molecular flexibility index (Phi) is 3.17. The van der Waals surface area contributed by atoms with Gasteiger partial charge in [-0.15, -0.1) is 0 Å². The Hall–Kier alpha value is -1.78. The lowest BCUT2D eigenvalue weighted by molar-refractivity contribution is -0.134. The molecule has 1 unspecified atom stereocenters. The smallest absolute Gasteiger partial charge is 0.234 e. The number of rotatable bonds is 2. The fourth-order valence-corrected chi connectivity index (χ4v) is 2.10. The molecule has 5 nitrogen and oxygen atoms in total. The molecule has 5 heteroatoms. The second-order valence-corrected chi connectivity index (χ2v) is 4.56. The zero-order valence-electron chi connectivity index (χ0n) is 9.93. The Morgan fingerprint density at radius 1 is 1.29 bits per heavy atom. The molecule has 1 aromatic heterocycles. The summed E-state index contributed by atoms with van der Waals surface area (Å²) in [7, 11) is 0. The van der Waals surface area contributed by atoms with Crippen LogP contribution < -0.4 is 5.32 Å². The third-order valence-electron chi connectivity index (χ3n) is 3.03. The summed E-state index contributed by atoms with van der Waals surface area (Å²) in [6.45, 7) is 4.10. The summed E-state index contributed by atoms with van der Waals surface area (Å²) in [6, 6.07) is 0. The largest absolute Gasteiger partial charge is 0.296 e. The van der Waals surface area contributed by atoms with Gasteiger partial charge in [0.05, 0.1) is 18.3 Å². The van der Waals surface area contributed by atoms with E-state index in [0.29, 0.717) is 12.8 Å². The molecule has 0 aromatic carbocycles. The van der Waals surface area contributed by atoms with Crippen LogP contribution in [0.3, 0.4) is 0 Å². The number of carbonyl (C=O) groups excluding carboxylic acids is 2. The van der Waals surface area contributed by atoms with Gasteiger partial charge in [0, 0.05) is 6.42 Å². The van der Waals surface area contributed by atoms with Crippen LogP contribution in [0.15, 0.2) is 12.4 Å². The normalized spacial score (nSPS) is 20.5. The number of imide groups is 1. The molecule has 1 fully saturated rings. The lowest BCUT2D eigenvalue weighted by Crippen LogP contribution is -2.39. The van der Waals surface area contributed by atoms with Gasteiger partial charge < -0.3 is 0 Å². The maximum Gasteiger partial charge on any atom is 0.234 e. The van der Waals surface area contributed by atoms with E-state index in [4.69, 9.17) is 0 Å². The summed E-state index contributed by atoms with van der Waals surface area (Å²) in [5.41, 5.74) is 1.91. The zero-order valence-corrected chi connectivity index (χ0v) is 9.93. The van der Waals surface area contributed by atoms with E-state index < -0.39 is 0 Å². The molecule has 2 rings (SSSR count). The molecular formula is C12H15N3O2. The average molecular weight is 233 g/mol. The van der Waals surface area contributed by atoms with Crippen molar-refractivity contribution in [1.29, 1.82) is 0 Å². The molecule has 1 atom stereocenters. The number of hydrogen-bond donors (Lipinski definition) is 1. The summed E-state index contributed by atoms with van der Waals surface area (Å²) in [4.78, 5) is 22.9. The molecule has 0 aliphatic carbocycles. The maximum atomic E-state index is 11.8. The molecule has 2 heterocycles. The predicted octanol–water partition coefficient (Wildman–Crippen LogP) is 1.12. The van der Waals surface area contributed by atoms with Crippen molar-refractivity contribution in [3.05, 3.63) is 23.5 Å². The minimum atomic E-state index is -0.277. The van der Waals surface area contributed by atoms with Crippen molar-refractivity contribution in [3.8, 4) is 0 Å². The lowest BCUT2D eigenvalue weighted by Gasteiger charge is -2.23. The van der Waals surface area contributed by atoms with Crippen molar-refractivity contribution in [2.45, 2.75) is 38.5 Å². The quantitative estimate of drug-likeness (QED) is 0.777. The van der Waals surface area contributed by atoms with Gasteiger partial charge >= 0.3 is 0 Å². The Morgan fingerprint density at radius 3 is 2.65 bits per heavy atom. The highest BCUT2D eigenvalue weighted by Gasteiger charge is 2.30. The molecule has 2 amide bonds. The fraction of sp³-hybridized carbons (Fsp3) is 0.500. The standard InChI is InChI=1S/C12H15N3O2/c1-7(2)9-5-13-14-6-10(9)8-3-4-11(16)15-12(8)17/h5-8H,3-4H2,1-2H3,(H,15,16,17). The molecule has 0 spiro atoms. The van der Waals surface area contributed by atoms with Crippen molar-refractivity contribution in [3.63, 3.8) is 0 Å². The van der Waals surface area contributed by atoms with Crippen molar-refractivity contribution in [2.24, 2.45) is 0 Å².